The zero-order chi connectivity index (χ0) is 11.4. The monoisotopic (exact) mass is 218 g/mol. The van der Waals surface area contributed by atoms with Crippen LogP contribution in [0.5, 0.6) is 0 Å². The molecule has 1 saturated carbocycles. The number of nitrogens with one attached hydrogen (secondary N) is 1. The average molecular weight is 218 g/mol. The zero-order valence-electron chi connectivity index (χ0n) is 10.4. The Labute approximate surface area is 98.5 Å². The molecular weight excluding hydrogens is 196 g/mol. The van der Waals surface area contributed by atoms with Crippen molar-refractivity contribution in [3.05, 3.63) is 24.0 Å². The van der Waals surface area contributed by atoms with Crippen molar-refractivity contribution in [2.24, 2.45) is 5.92 Å². The molecule has 1 fully saturated rings. The molecule has 2 rings (SSSR count). The van der Waals surface area contributed by atoms with Crippen LogP contribution in [0.15, 0.2) is 18.3 Å². The maximum Gasteiger partial charge on any atom is 0.0603 e. The van der Waals surface area contributed by atoms with E-state index in [4.69, 9.17) is 0 Å². The molecule has 1 N–H and O–H groups in total. The fourth-order valence-electron chi connectivity index (χ4n) is 2.49. The molecule has 0 aliphatic heterocycles. The van der Waals surface area contributed by atoms with Crippen LogP contribution in [-0.2, 0) is 0 Å². The van der Waals surface area contributed by atoms with Gasteiger partial charge in [0.25, 0.3) is 0 Å². The number of rotatable bonds is 2. The van der Waals surface area contributed by atoms with Crippen molar-refractivity contribution in [2.75, 3.05) is 5.32 Å². The summed E-state index contributed by atoms with van der Waals surface area (Å²) in [5.74, 6) is 0.904. The molecule has 0 spiro atoms. The molecule has 0 aromatic carbocycles. The van der Waals surface area contributed by atoms with Crippen molar-refractivity contribution in [1.82, 2.24) is 4.98 Å². The third kappa shape index (κ3) is 2.97. The van der Waals surface area contributed by atoms with E-state index in [1.54, 1.807) is 0 Å². The van der Waals surface area contributed by atoms with Gasteiger partial charge in [-0.15, -0.1) is 0 Å². The number of hydrogen-bond donors (Lipinski definition) is 1. The molecule has 2 heteroatoms. The topological polar surface area (TPSA) is 24.9 Å². The highest BCUT2D eigenvalue weighted by Gasteiger charge is 2.16. The molecule has 0 amide bonds. The summed E-state index contributed by atoms with van der Waals surface area (Å²) in [4.78, 5) is 4.32. The maximum absolute atomic E-state index is 4.32. The first kappa shape index (κ1) is 11.4. The van der Waals surface area contributed by atoms with Gasteiger partial charge in [-0.1, -0.05) is 19.8 Å². The van der Waals surface area contributed by atoms with Gasteiger partial charge < -0.3 is 5.32 Å². The molecule has 1 aliphatic rings. The lowest BCUT2D eigenvalue weighted by Gasteiger charge is -2.18. The second-order valence-electron chi connectivity index (χ2n) is 5.09. The first-order valence-corrected chi connectivity index (χ1v) is 6.44. The minimum atomic E-state index is 0.646. The lowest BCUT2D eigenvalue weighted by atomic mass is 10.0. The van der Waals surface area contributed by atoms with Crippen LogP contribution in [0.1, 0.15) is 44.7 Å². The lowest BCUT2D eigenvalue weighted by Crippen LogP contribution is -2.19. The summed E-state index contributed by atoms with van der Waals surface area (Å²) in [6.45, 7) is 4.44. The molecular formula is C14H22N2. The van der Waals surface area contributed by atoms with E-state index in [9.17, 15) is 0 Å². The molecule has 2 unspecified atom stereocenters. The zero-order valence-corrected chi connectivity index (χ0v) is 10.4. The summed E-state index contributed by atoms with van der Waals surface area (Å²) in [6.07, 6.45) is 8.57. The van der Waals surface area contributed by atoms with Crippen LogP contribution < -0.4 is 5.32 Å². The number of hydrogen-bond acceptors (Lipinski definition) is 2. The van der Waals surface area contributed by atoms with Crippen LogP contribution in [-0.4, -0.2) is 11.0 Å². The SMILES string of the molecule is Cc1ncccc1NC1CCCC(C)CC1. The molecule has 1 aromatic rings. The minimum absolute atomic E-state index is 0.646. The summed E-state index contributed by atoms with van der Waals surface area (Å²) >= 11 is 0. The predicted octanol–water partition coefficient (Wildman–Crippen LogP) is 3.77. The molecule has 0 radical (unpaired) electrons. The van der Waals surface area contributed by atoms with E-state index in [1.807, 2.05) is 12.3 Å². The number of pyridine rings is 1. The third-order valence-corrected chi connectivity index (χ3v) is 3.62. The Bertz CT molecular complexity index is 335. The van der Waals surface area contributed by atoms with Gasteiger partial charge in [0.05, 0.1) is 11.4 Å². The number of nitrogens with zero attached hydrogens (tertiary/aromatic N) is 1. The van der Waals surface area contributed by atoms with Crippen LogP contribution >= 0.6 is 0 Å². The quantitative estimate of drug-likeness (QED) is 0.764. The third-order valence-electron chi connectivity index (χ3n) is 3.62. The van der Waals surface area contributed by atoms with E-state index < -0.39 is 0 Å². The largest absolute Gasteiger partial charge is 0.381 e. The Hall–Kier alpha value is -1.05. The Kier molecular flexibility index (Phi) is 3.81. The van der Waals surface area contributed by atoms with E-state index in [0.29, 0.717) is 6.04 Å². The second-order valence-corrected chi connectivity index (χ2v) is 5.09. The number of aromatic nitrogens is 1. The van der Waals surface area contributed by atoms with Gasteiger partial charge in [-0.3, -0.25) is 4.98 Å². The average Bonchev–Trinajstić information content (AvgIpc) is 2.47. The summed E-state index contributed by atoms with van der Waals surface area (Å²) in [5.41, 5.74) is 2.32. The fraction of sp³-hybridized carbons (Fsp3) is 0.643. The van der Waals surface area contributed by atoms with Crippen molar-refractivity contribution in [3.63, 3.8) is 0 Å². The van der Waals surface area contributed by atoms with Crippen LogP contribution in [0, 0.1) is 12.8 Å². The van der Waals surface area contributed by atoms with Crippen molar-refractivity contribution < 1.29 is 0 Å². The summed E-state index contributed by atoms with van der Waals surface area (Å²) in [7, 11) is 0. The standard InChI is InChI=1S/C14H22N2/c1-11-5-3-6-13(9-8-11)16-14-7-4-10-15-12(14)2/h4,7,10-11,13,16H,3,5-6,8-9H2,1-2H3. The fourth-order valence-corrected chi connectivity index (χ4v) is 2.49. The highest BCUT2D eigenvalue weighted by atomic mass is 14.9. The molecule has 16 heavy (non-hydrogen) atoms. The number of aryl methyl sites for hydroxylation is 1. The van der Waals surface area contributed by atoms with Crippen LogP contribution in [0.3, 0.4) is 0 Å². The highest BCUT2D eigenvalue weighted by molar-refractivity contribution is 5.47. The van der Waals surface area contributed by atoms with Crippen molar-refractivity contribution in [2.45, 2.75) is 52.0 Å². The first-order valence-electron chi connectivity index (χ1n) is 6.44. The van der Waals surface area contributed by atoms with Crippen LogP contribution in [0.25, 0.3) is 0 Å². The van der Waals surface area contributed by atoms with Gasteiger partial charge in [-0.05, 0) is 44.2 Å². The molecule has 2 atom stereocenters. The molecule has 1 aromatic heterocycles. The molecule has 2 nitrogen and oxygen atoms in total. The maximum atomic E-state index is 4.32. The van der Waals surface area contributed by atoms with Crippen molar-refractivity contribution >= 4 is 5.69 Å². The molecule has 88 valence electrons. The van der Waals surface area contributed by atoms with Gasteiger partial charge in [0.15, 0.2) is 0 Å². The Morgan fingerprint density at radius 2 is 2.12 bits per heavy atom. The molecule has 1 aliphatic carbocycles. The van der Waals surface area contributed by atoms with Gasteiger partial charge in [-0.2, -0.15) is 0 Å². The summed E-state index contributed by atoms with van der Waals surface area (Å²) in [5, 5.41) is 3.65. The van der Waals surface area contributed by atoms with Crippen LogP contribution in [0.2, 0.25) is 0 Å². The lowest BCUT2D eigenvalue weighted by molar-refractivity contribution is 0.502. The van der Waals surface area contributed by atoms with Gasteiger partial charge in [0, 0.05) is 12.2 Å². The van der Waals surface area contributed by atoms with Gasteiger partial charge in [0.1, 0.15) is 0 Å². The second kappa shape index (κ2) is 5.33. The van der Waals surface area contributed by atoms with E-state index in [-0.39, 0.29) is 0 Å². The molecule has 1 heterocycles. The summed E-state index contributed by atoms with van der Waals surface area (Å²) in [6, 6.07) is 4.79. The van der Waals surface area contributed by atoms with Gasteiger partial charge in [-0.25, -0.2) is 0 Å². The Morgan fingerprint density at radius 3 is 2.94 bits per heavy atom. The van der Waals surface area contributed by atoms with Crippen LogP contribution in [0.4, 0.5) is 5.69 Å². The highest BCUT2D eigenvalue weighted by Crippen LogP contribution is 2.25. The minimum Gasteiger partial charge on any atom is -0.381 e. The summed E-state index contributed by atoms with van der Waals surface area (Å²) < 4.78 is 0. The Morgan fingerprint density at radius 1 is 1.25 bits per heavy atom. The van der Waals surface area contributed by atoms with E-state index in [0.717, 1.165) is 11.6 Å². The van der Waals surface area contributed by atoms with Gasteiger partial charge >= 0.3 is 0 Å². The predicted molar refractivity (Wildman–Crippen MR) is 68.6 cm³/mol. The first-order chi connectivity index (χ1) is 7.75. The van der Waals surface area contributed by atoms with E-state index >= 15 is 0 Å². The number of anilines is 1. The van der Waals surface area contributed by atoms with Crippen molar-refractivity contribution in [3.8, 4) is 0 Å². The normalized spacial score (nSPS) is 26.1. The molecule has 0 bridgehead atoms. The Balaban J connectivity index is 1.96. The van der Waals surface area contributed by atoms with E-state index in [2.05, 4.69) is 30.2 Å². The smallest absolute Gasteiger partial charge is 0.0603 e. The van der Waals surface area contributed by atoms with Gasteiger partial charge in [0.2, 0.25) is 0 Å². The van der Waals surface area contributed by atoms with Crippen molar-refractivity contribution in [1.29, 1.82) is 0 Å². The van der Waals surface area contributed by atoms with E-state index in [1.165, 1.54) is 37.8 Å². The molecule has 0 saturated heterocycles.